The van der Waals surface area contributed by atoms with Crippen LogP contribution in [0.1, 0.15) is 41.0 Å². The van der Waals surface area contributed by atoms with Gasteiger partial charge in [0.05, 0.1) is 17.6 Å². The number of hydrogen-bond acceptors (Lipinski definition) is 3. The second kappa shape index (κ2) is 3.46. The molecule has 15 heavy (non-hydrogen) atoms. The van der Waals surface area contributed by atoms with Crippen molar-refractivity contribution in [2.75, 3.05) is 6.61 Å². The van der Waals surface area contributed by atoms with Gasteiger partial charge in [0.25, 0.3) is 5.91 Å². The molecule has 1 saturated heterocycles. The normalized spacial score (nSPS) is 33.5. The van der Waals surface area contributed by atoms with Gasteiger partial charge >= 0.3 is 0 Å². The molecule has 1 atom stereocenters. The van der Waals surface area contributed by atoms with Gasteiger partial charge in [0.15, 0.2) is 0 Å². The lowest BCUT2D eigenvalue weighted by Crippen LogP contribution is -2.56. The van der Waals surface area contributed by atoms with E-state index in [1.807, 2.05) is 20.8 Å². The summed E-state index contributed by atoms with van der Waals surface area (Å²) in [6.45, 7) is 10.4. The van der Waals surface area contributed by atoms with Crippen molar-refractivity contribution in [2.45, 2.75) is 46.6 Å². The number of rotatable bonds is 1. The fourth-order valence-electron chi connectivity index (χ4n) is 2.06. The van der Waals surface area contributed by atoms with Crippen LogP contribution in [-0.2, 0) is 9.53 Å². The molecular weight excluding hydrogens is 194 g/mol. The number of nitrogens with one attached hydrogen (secondary N) is 1. The molecule has 1 aliphatic rings. The van der Waals surface area contributed by atoms with Crippen molar-refractivity contribution < 1.29 is 14.7 Å². The highest BCUT2D eigenvalue weighted by molar-refractivity contribution is 5.81. The molecule has 0 radical (unpaired) electrons. The Bertz CT molecular complexity index is 273. The van der Waals surface area contributed by atoms with Crippen molar-refractivity contribution >= 4 is 5.91 Å². The third kappa shape index (κ3) is 2.01. The number of hydroxylamine groups is 1. The molecule has 0 aromatic heterocycles. The maximum Gasteiger partial charge on any atom is 0.251 e. The molecule has 2 N–H and O–H groups in total. The molecular formula is C11H21NO3. The van der Waals surface area contributed by atoms with E-state index in [1.165, 1.54) is 0 Å². The van der Waals surface area contributed by atoms with Gasteiger partial charge in [-0.2, -0.15) is 0 Å². The smallest absolute Gasteiger partial charge is 0.251 e. The molecule has 0 spiro atoms. The Kier molecular flexibility index (Phi) is 2.87. The molecule has 1 aliphatic heterocycles. The summed E-state index contributed by atoms with van der Waals surface area (Å²) in [4.78, 5) is 11.5. The molecule has 0 aromatic rings. The Balaban J connectivity index is 2.91. The summed E-state index contributed by atoms with van der Waals surface area (Å²) < 4.78 is 5.75. The van der Waals surface area contributed by atoms with Crippen molar-refractivity contribution in [3.05, 3.63) is 0 Å². The average Bonchev–Trinajstić information content (AvgIpc) is 2.11. The van der Waals surface area contributed by atoms with Gasteiger partial charge in [-0.15, -0.1) is 0 Å². The zero-order chi connectivity index (χ0) is 11.9. The van der Waals surface area contributed by atoms with E-state index in [0.717, 1.165) is 0 Å². The SMILES string of the molecule is CC1(C)C[C@](C)(C(=O)NO)COC1(C)C. The Morgan fingerprint density at radius 3 is 2.20 bits per heavy atom. The molecule has 4 nitrogen and oxygen atoms in total. The minimum absolute atomic E-state index is 0.105. The van der Waals surface area contributed by atoms with Crippen molar-refractivity contribution in [2.24, 2.45) is 10.8 Å². The summed E-state index contributed by atoms with van der Waals surface area (Å²) in [6, 6.07) is 0. The Labute approximate surface area is 91.0 Å². The first-order valence-corrected chi connectivity index (χ1v) is 5.23. The van der Waals surface area contributed by atoms with Crippen LogP contribution in [0.15, 0.2) is 0 Å². The van der Waals surface area contributed by atoms with Gasteiger partial charge in [0, 0.05) is 0 Å². The fourth-order valence-corrected chi connectivity index (χ4v) is 2.06. The highest BCUT2D eigenvalue weighted by Crippen LogP contribution is 2.48. The maximum absolute atomic E-state index is 11.5. The zero-order valence-corrected chi connectivity index (χ0v) is 10.2. The van der Waals surface area contributed by atoms with Crippen molar-refractivity contribution in [1.29, 1.82) is 0 Å². The average molecular weight is 215 g/mol. The molecule has 0 unspecified atom stereocenters. The molecule has 1 fully saturated rings. The van der Waals surface area contributed by atoms with E-state index in [-0.39, 0.29) is 16.9 Å². The van der Waals surface area contributed by atoms with E-state index in [1.54, 1.807) is 5.48 Å². The quantitative estimate of drug-likeness (QED) is 0.517. The van der Waals surface area contributed by atoms with E-state index < -0.39 is 5.41 Å². The number of carbonyl (C=O) groups excluding carboxylic acids is 1. The fraction of sp³-hybridized carbons (Fsp3) is 0.909. The lowest BCUT2D eigenvalue weighted by Gasteiger charge is -2.51. The molecule has 1 amide bonds. The van der Waals surface area contributed by atoms with Gasteiger partial charge in [0.2, 0.25) is 0 Å². The van der Waals surface area contributed by atoms with Gasteiger partial charge < -0.3 is 4.74 Å². The summed E-state index contributed by atoms with van der Waals surface area (Å²) in [5.41, 5.74) is 0.724. The van der Waals surface area contributed by atoms with Crippen molar-refractivity contribution in [1.82, 2.24) is 5.48 Å². The van der Waals surface area contributed by atoms with E-state index in [0.29, 0.717) is 13.0 Å². The number of hydrogen-bond donors (Lipinski definition) is 2. The first-order chi connectivity index (χ1) is 6.65. The third-order valence-corrected chi connectivity index (χ3v) is 3.86. The molecule has 1 rings (SSSR count). The summed E-state index contributed by atoms with van der Waals surface area (Å²) in [7, 11) is 0. The van der Waals surface area contributed by atoms with Crippen LogP contribution in [0, 0.1) is 10.8 Å². The largest absolute Gasteiger partial charge is 0.374 e. The Morgan fingerprint density at radius 1 is 1.27 bits per heavy atom. The highest BCUT2D eigenvalue weighted by atomic mass is 16.5. The van der Waals surface area contributed by atoms with Crippen LogP contribution >= 0.6 is 0 Å². The lowest BCUT2D eigenvalue weighted by molar-refractivity contribution is -0.192. The monoisotopic (exact) mass is 215 g/mol. The van der Waals surface area contributed by atoms with E-state index in [4.69, 9.17) is 9.94 Å². The molecule has 0 bridgehead atoms. The third-order valence-electron chi connectivity index (χ3n) is 3.86. The first kappa shape index (κ1) is 12.5. The van der Waals surface area contributed by atoms with Crippen LogP contribution in [0.5, 0.6) is 0 Å². The maximum atomic E-state index is 11.5. The van der Waals surface area contributed by atoms with E-state index >= 15 is 0 Å². The second-order valence-electron chi connectivity index (χ2n) is 5.86. The molecule has 0 saturated carbocycles. The molecule has 0 aliphatic carbocycles. The molecule has 88 valence electrons. The van der Waals surface area contributed by atoms with Crippen LogP contribution in [0.2, 0.25) is 0 Å². The van der Waals surface area contributed by atoms with Gasteiger partial charge in [-0.05, 0) is 32.6 Å². The first-order valence-electron chi connectivity index (χ1n) is 5.23. The van der Waals surface area contributed by atoms with Gasteiger partial charge in [-0.3, -0.25) is 10.0 Å². The lowest BCUT2D eigenvalue weighted by atomic mass is 9.64. The summed E-state index contributed by atoms with van der Waals surface area (Å²) in [5, 5.41) is 8.70. The van der Waals surface area contributed by atoms with Crippen molar-refractivity contribution in [3.63, 3.8) is 0 Å². The zero-order valence-electron chi connectivity index (χ0n) is 10.2. The van der Waals surface area contributed by atoms with Gasteiger partial charge in [-0.1, -0.05) is 13.8 Å². The van der Waals surface area contributed by atoms with Crippen LogP contribution in [0.25, 0.3) is 0 Å². The van der Waals surface area contributed by atoms with Gasteiger partial charge in [0.1, 0.15) is 0 Å². The number of carbonyl (C=O) groups is 1. The standard InChI is InChI=1S/C11H21NO3/c1-9(2)6-11(5,8(13)12-14)7-15-10(9,3)4/h14H,6-7H2,1-5H3,(H,12,13)/t11-/m0/s1. The van der Waals surface area contributed by atoms with Crippen molar-refractivity contribution in [3.8, 4) is 0 Å². The predicted molar refractivity (Wildman–Crippen MR) is 56.5 cm³/mol. The highest BCUT2D eigenvalue weighted by Gasteiger charge is 2.51. The number of amides is 1. The second-order valence-corrected chi connectivity index (χ2v) is 5.86. The summed E-state index contributed by atoms with van der Waals surface area (Å²) in [6.07, 6.45) is 0.694. The van der Waals surface area contributed by atoms with Gasteiger partial charge in [-0.25, -0.2) is 5.48 Å². The Hall–Kier alpha value is -0.610. The predicted octanol–water partition coefficient (Wildman–Crippen LogP) is 1.72. The van der Waals surface area contributed by atoms with Crippen LogP contribution in [-0.4, -0.2) is 23.3 Å². The van der Waals surface area contributed by atoms with Crippen LogP contribution < -0.4 is 5.48 Å². The minimum atomic E-state index is -0.645. The molecule has 0 aromatic carbocycles. The van der Waals surface area contributed by atoms with E-state index in [9.17, 15) is 4.79 Å². The molecule has 1 heterocycles. The van der Waals surface area contributed by atoms with E-state index in [2.05, 4.69) is 13.8 Å². The van der Waals surface area contributed by atoms with Crippen LogP contribution in [0.4, 0.5) is 0 Å². The topological polar surface area (TPSA) is 58.6 Å². The number of ether oxygens (including phenoxy) is 1. The Morgan fingerprint density at radius 2 is 1.80 bits per heavy atom. The molecule has 4 heteroatoms. The minimum Gasteiger partial charge on any atom is -0.374 e. The summed E-state index contributed by atoms with van der Waals surface area (Å²) >= 11 is 0. The van der Waals surface area contributed by atoms with Crippen LogP contribution in [0.3, 0.4) is 0 Å². The summed E-state index contributed by atoms with van der Waals surface area (Å²) in [5.74, 6) is -0.369.